The number of sulfone groups is 1. The SMILES string of the molecule is CC1=C(S(=O)(=O)c2ccccc2CCCCCCCCCCCCO)C(C)(C)CCC1. The molecule has 0 saturated carbocycles. The summed E-state index contributed by atoms with van der Waals surface area (Å²) in [6, 6.07) is 7.65. The lowest BCUT2D eigenvalue weighted by molar-refractivity contribution is 0.282. The molecule has 1 aromatic carbocycles. The zero-order valence-electron chi connectivity index (χ0n) is 20.1. The fourth-order valence-corrected chi connectivity index (χ4v) is 7.50. The van der Waals surface area contributed by atoms with E-state index in [1.165, 1.54) is 38.5 Å². The summed E-state index contributed by atoms with van der Waals surface area (Å²) in [5.41, 5.74) is 1.74. The Morgan fingerprint density at radius 3 is 2.00 bits per heavy atom. The molecule has 0 atom stereocenters. The van der Waals surface area contributed by atoms with Crippen LogP contribution in [0.3, 0.4) is 0 Å². The first-order chi connectivity index (χ1) is 14.8. The molecule has 0 radical (unpaired) electrons. The van der Waals surface area contributed by atoms with Crippen molar-refractivity contribution in [2.45, 2.75) is 116 Å². The second-order valence-corrected chi connectivity index (χ2v) is 11.8. The van der Waals surface area contributed by atoms with Gasteiger partial charge in [-0.05, 0) is 57.1 Å². The molecule has 1 aromatic rings. The monoisotopic (exact) mass is 448 g/mol. The van der Waals surface area contributed by atoms with E-state index >= 15 is 0 Å². The first kappa shape index (κ1) is 26.1. The average Bonchev–Trinajstić information content (AvgIpc) is 2.71. The van der Waals surface area contributed by atoms with Gasteiger partial charge in [0, 0.05) is 12.0 Å². The van der Waals surface area contributed by atoms with E-state index in [2.05, 4.69) is 13.8 Å². The average molecular weight is 449 g/mol. The highest BCUT2D eigenvalue weighted by molar-refractivity contribution is 7.95. The maximum Gasteiger partial charge on any atom is 0.203 e. The molecular weight excluding hydrogens is 404 g/mol. The van der Waals surface area contributed by atoms with Gasteiger partial charge in [-0.1, -0.05) is 89.0 Å². The van der Waals surface area contributed by atoms with Crippen LogP contribution in [-0.4, -0.2) is 20.1 Å². The van der Waals surface area contributed by atoms with Gasteiger partial charge in [-0.15, -0.1) is 0 Å². The van der Waals surface area contributed by atoms with E-state index in [0.29, 0.717) is 16.4 Å². The van der Waals surface area contributed by atoms with Crippen LogP contribution in [0.5, 0.6) is 0 Å². The van der Waals surface area contributed by atoms with Crippen LogP contribution in [0.1, 0.15) is 110 Å². The van der Waals surface area contributed by atoms with E-state index < -0.39 is 9.84 Å². The summed E-state index contributed by atoms with van der Waals surface area (Å²) in [4.78, 5) is 1.19. The minimum atomic E-state index is -3.45. The van der Waals surface area contributed by atoms with Gasteiger partial charge in [0.25, 0.3) is 0 Å². The number of hydrogen-bond donors (Lipinski definition) is 1. The summed E-state index contributed by atoms with van der Waals surface area (Å²) in [6.45, 7) is 6.48. The van der Waals surface area contributed by atoms with Crippen molar-refractivity contribution < 1.29 is 13.5 Å². The maximum atomic E-state index is 13.7. The van der Waals surface area contributed by atoms with Gasteiger partial charge in [0.1, 0.15) is 0 Å². The molecule has 0 unspecified atom stereocenters. The van der Waals surface area contributed by atoms with Crippen molar-refractivity contribution in [1.29, 1.82) is 0 Å². The fourth-order valence-electron chi connectivity index (χ4n) is 5.12. The summed E-state index contributed by atoms with van der Waals surface area (Å²) in [6.07, 6.45) is 15.6. The van der Waals surface area contributed by atoms with E-state index in [1.54, 1.807) is 0 Å². The third kappa shape index (κ3) is 7.75. The predicted octanol–water partition coefficient (Wildman–Crippen LogP) is 7.38. The molecule has 1 aliphatic rings. The minimum absolute atomic E-state index is 0.285. The summed E-state index contributed by atoms with van der Waals surface area (Å²) < 4.78 is 27.3. The molecule has 0 aromatic heterocycles. The zero-order valence-corrected chi connectivity index (χ0v) is 20.9. The molecular formula is C27H44O3S. The summed E-state index contributed by atoms with van der Waals surface area (Å²) in [5, 5.41) is 8.80. The molecule has 0 amide bonds. The molecule has 31 heavy (non-hydrogen) atoms. The van der Waals surface area contributed by atoms with Crippen molar-refractivity contribution in [2.24, 2.45) is 5.41 Å². The Morgan fingerprint density at radius 2 is 1.42 bits per heavy atom. The maximum absolute atomic E-state index is 13.7. The van der Waals surface area contributed by atoms with E-state index in [4.69, 9.17) is 5.11 Å². The molecule has 1 aliphatic carbocycles. The fraction of sp³-hybridized carbons (Fsp3) is 0.704. The lowest BCUT2D eigenvalue weighted by Gasteiger charge is -2.34. The highest BCUT2D eigenvalue weighted by Crippen LogP contribution is 2.45. The van der Waals surface area contributed by atoms with E-state index in [0.717, 1.165) is 62.5 Å². The van der Waals surface area contributed by atoms with E-state index in [1.807, 2.05) is 31.2 Å². The number of rotatable bonds is 14. The Hall–Kier alpha value is -1.13. The van der Waals surface area contributed by atoms with Crippen molar-refractivity contribution in [1.82, 2.24) is 0 Å². The molecule has 4 heteroatoms. The quantitative estimate of drug-likeness (QED) is 0.302. The van der Waals surface area contributed by atoms with E-state index in [9.17, 15) is 8.42 Å². The van der Waals surface area contributed by atoms with Crippen LogP contribution < -0.4 is 0 Å². The van der Waals surface area contributed by atoms with Gasteiger partial charge in [-0.2, -0.15) is 0 Å². The lowest BCUT2D eigenvalue weighted by atomic mass is 9.80. The van der Waals surface area contributed by atoms with Gasteiger partial charge in [0.15, 0.2) is 0 Å². The highest BCUT2D eigenvalue weighted by Gasteiger charge is 2.38. The Kier molecular flexibility index (Phi) is 10.8. The van der Waals surface area contributed by atoms with Crippen molar-refractivity contribution >= 4 is 9.84 Å². The number of unbranched alkanes of at least 4 members (excludes halogenated alkanes) is 9. The second-order valence-electron chi connectivity index (χ2n) is 9.97. The predicted molar refractivity (Wildman–Crippen MR) is 131 cm³/mol. The molecule has 0 heterocycles. The first-order valence-corrected chi connectivity index (χ1v) is 13.9. The van der Waals surface area contributed by atoms with Crippen molar-refractivity contribution in [2.75, 3.05) is 6.61 Å². The smallest absolute Gasteiger partial charge is 0.203 e. The van der Waals surface area contributed by atoms with Gasteiger partial charge < -0.3 is 5.11 Å². The topological polar surface area (TPSA) is 54.4 Å². The van der Waals surface area contributed by atoms with Gasteiger partial charge >= 0.3 is 0 Å². The summed E-state index contributed by atoms with van der Waals surface area (Å²) in [7, 11) is -3.45. The van der Waals surface area contributed by atoms with Crippen LogP contribution in [0.15, 0.2) is 39.6 Å². The van der Waals surface area contributed by atoms with Gasteiger partial charge in [-0.25, -0.2) is 8.42 Å². The Bertz CT molecular complexity index is 806. The van der Waals surface area contributed by atoms with Crippen LogP contribution >= 0.6 is 0 Å². The number of aliphatic hydroxyl groups excluding tert-OH is 1. The molecule has 1 N–H and O–H groups in total. The van der Waals surface area contributed by atoms with Gasteiger partial charge in [-0.3, -0.25) is 0 Å². The molecule has 2 rings (SSSR count). The van der Waals surface area contributed by atoms with Crippen LogP contribution in [0, 0.1) is 5.41 Å². The zero-order chi connectivity index (χ0) is 22.7. The molecule has 0 spiro atoms. The molecule has 0 saturated heterocycles. The second kappa shape index (κ2) is 12.8. The Balaban J connectivity index is 1.87. The van der Waals surface area contributed by atoms with Crippen LogP contribution in [-0.2, 0) is 16.3 Å². The lowest BCUT2D eigenvalue weighted by Crippen LogP contribution is -2.27. The van der Waals surface area contributed by atoms with Gasteiger partial charge in [0.2, 0.25) is 9.84 Å². The third-order valence-electron chi connectivity index (χ3n) is 6.74. The summed E-state index contributed by atoms with van der Waals surface area (Å²) in [5.74, 6) is 0. The van der Waals surface area contributed by atoms with Crippen molar-refractivity contribution in [3.05, 3.63) is 40.3 Å². The molecule has 3 nitrogen and oxygen atoms in total. The van der Waals surface area contributed by atoms with Crippen molar-refractivity contribution in [3.63, 3.8) is 0 Å². The molecule has 0 bridgehead atoms. The van der Waals surface area contributed by atoms with Gasteiger partial charge in [0.05, 0.1) is 9.80 Å². The molecule has 0 aliphatic heterocycles. The largest absolute Gasteiger partial charge is 0.396 e. The standard InChI is InChI=1S/C27H44O3S/c1-23-17-16-21-27(2,3)26(23)31(29,30)25-20-14-13-19-24(25)18-12-10-8-6-4-5-7-9-11-15-22-28/h13-14,19-20,28H,4-12,15-18,21-22H2,1-3H3. The number of allylic oxidation sites excluding steroid dienone is 2. The first-order valence-electron chi connectivity index (χ1n) is 12.4. The Morgan fingerprint density at radius 1 is 0.871 bits per heavy atom. The third-order valence-corrected chi connectivity index (χ3v) is 9.16. The minimum Gasteiger partial charge on any atom is -0.396 e. The van der Waals surface area contributed by atoms with Crippen LogP contribution in [0.2, 0.25) is 0 Å². The number of hydrogen-bond acceptors (Lipinski definition) is 3. The van der Waals surface area contributed by atoms with Crippen molar-refractivity contribution in [3.8, 4) is 0 Å². The van der Waals surface area contributed by atoms with E-state index in [-0.39, 0.29) is 5.41 Å². The number of aliphatic hydroxyl groups is 1. The molecule has 176 valence electrons. The highest BCUT2D eigenvalue weighted by atomic mass is 32.2. The number of benzene rings is 1. The van der Waals surface area contributed by atoms with Crippen LogP contribution in [0.25, 0.3) is 0 Å². The van der Waals surface area contributed by atoms with Crippen LogP contribution in [0.4, 0.5) is 0 Å². The molecule has 0 fully saturated rings. The Labute approximate surface area is 191 Å². The summed E-state index contributed by atoms with van der Waals surface area (Å²) >= 11 is 0. The number of aryl methyl sites for hydroxylation is 1. The normalized spacial score (nSPS) is 16.6.